The first-order chi connectivity index (χ1) is 16.9. The van der Waals surface area contributed by atoms with E-state index in [0.717, 1.165) is 38.2 Å². The van der Waals surface area contributed by atoms with Crippen LogP contribution in [0.5, 0.6) is 5.75 Å². The van der Waals surface area contributed by atoms with Gasteiger partial charge in [0.05, 0.1) is 12.3 Å². The molecule has 0 aliphatic carbocycles. The van der Waals surface area contributed by atoms with Gasteiger partial charge in [0.25, 0.3) is 0 Å². The predicted octanol–water partition coefficient (Wildman–Crippen LogP) is 2.56. The number of nitrogens with two attached hydrogens (primary N) is 1. The number of aliphatic hydroxyl groups is 1. The van der Waals surface area contributed by atoms with E-state index < -0.39 is 12.0 Å². The summed E-state index contributed by atoms with van der Waals surface area (Å²) in [5, 5.41) is 10.8. The molecule has 186 valence electrons. The van der Waals surface area contributed by atoms with Crippen molar-refractivity contribution >= 4 is 11.7 Å². The molecule has 4 rings (SSSR count). The highest BCUT2D eigenvalue weighted by atomic mass is 16.5. The highest BCUT2D eigenvalue weighted by molar-refractivity contribution is 5.95. The Morgan fingerprint density at radius 1 is 1.31 bits per heavy atom. The number of ether oxygens (including phenoxy) is 1. The number of benzene rings is 1. The molecule has 0 saturated carbocycles. The maximum atomic E-state index is 12.1. The number of carbonyl (C=O) groups excluding carboxylic acids is 1. The number of hydrogen-bond acceptors (Lipinski definition) is 8. The molecule has 3 N–H and O–H groups in total. The van der Waals surface area contributed by atoms with Crippen molar-refractivity contribution in [1.82, 2.24) is 14.9 Å². The minimum absolute atomic E-state index is 0.320. The third-order valence-corrected chi connectivity index (χ3v) is 6.25. The van der Waals surface area contributed by atoms with Crippen molar-refractivity contribution in [2.24, 2.45) is 5.73 Å². The zero-order valence-electron chi connectivity index (χ0n) is 20.3. The zero-order valence-corrected chi connectivity index (χ0v) is 20.3. The fourth-order valence-corrected chi connectivity index (χ4v) is 4.44. The summed E-state index contributed by atoms with van der Waals surface area (Å²) in [6, 6.07) is 7.82. The van der Waals surface area contributed by atoms with Gasteiger partial charge in [0, 0.05) is 51.4 Å². The van der Waals surface area contributed by atoms with E-state index in [1.54, 1.807) is 18.5 Å². The monoisotopic (exact) mass is 479 g/mol. The number of amides is 1. The van der Waals surface area contributed by atoms with Gasteiger partial charge in [0.2, 0.25) is 5.91 Å². The van der Waals surface area contributed by atoms with E-state index in [9.17, 15) is 9.90 Å². The highest BCUT2D eigenvalue weighted by Gasteiger charge is 2.21. The van der Waals surface area contributed by atoms with Crippen molar-refractivity contribution in [3.63, 3.8) is 0 Å². The maximum Gasteiger partial charge on any atom is 0.249 e. The third kappa shape index (κ3) is 6.37. The van der Waals surface area contributed by atoms with Crippen LogP contribution in [0.15, 0.2) is 47.5 Å². The first kappa shape index (κ1) is 24.7. The van der Waals surface area contributed by atoms with E-state index in [4.69, 9.17) is 14.9 Å². The molecular formula is C26H33N5O4. The quantitative estimate of drug-likeness (QED) is 0.431. The van der Waals surface area contributed by atoms with Crippen LogP contribution in [-0.2, 0) is 26.0 Å². The Kier molecular flexibility index (Phi) is 7.99. The molecule has 3 heterocycles. The van der Waals surface area contributed by atoms with Gasteiger partial charge in [-0.15, -0.1) is 0 Å². The Balaban J connectivity index is 1.34. The van der Waals surface area contributed by atoms with Gasteiger partial charge in [-0.2, -0.15) is 0 Å². The summed E-state index contributed by atoms with van der Waals surface area (Å²) >= 11 is 0. The number of β-amino-alcohol motifs (C(OH)–C–C–N with tert-alkyl or cyclic N) is 1. The molecule has 0 radical (unpaired) electrons. The maximum absolute atomic E-state index is 12.1. The molecule has 0 bridgehead atoms. The molecule has 0 spiro atoms. The summed E-state index contributed by atoms with van der Waals surface area (Å²) in [5.74, 6) is 1.68. The second-order valence-corrected chi connectivity index (χ2v) is 9.02. The standard InChI is InChI=1S/C26H33N5O4/c1-3-7-30(2)25-11-24(26(27)33)20(12-29-25)9-21(32)15-31-8-6-18-10-22(5-4-19(18)14-31)34-16-23-13-28-17-35-23/h4-5,10-13,17,21,32H,3,6-9,14-16H2,1-2H3,(H2,27,33). The second-order valence-electron chi connectivity index (χ2n) is 9.02. The molecule has 35 heavy (non-hydrogen) atoms. The Hall–Kier alpha value is -3.43. The number of oxazole rings is 1. The molecule has 1 aliphatic rings. The van der Waals surface area contributed by atoms with Crippen molar-refractivity contribution < 1.29 is 19.1 Å². The molecule has 1 aliphatic heterocycles. The van der Waals surface area contributed by atoms with Crippen molar-refractivity contribution in [2.75, 3.05) is 31.6 Å². The average molecular weight is 480 g/mol. The van der Waals surface area contributed by atoms with Crippen LogP contribution in [0.1, 0.15) is 46.2 Å². The highest BCUT2D eigenvalue weighted by Crippen LogP contribution is 2.25. The second kappa shape index (κ2) is 11.3. The lowest BCUT2D eigenvalue weighted by atomic mass is 9.98. The molecule has 9 heteroatoms. The van der Waals surface area contributed by atoms with Crippen LogP contribution < -0.4 is 15.4 Å². The van der Waals surface area contributed by atoms with E-state index in [0.29, 0.717) is 42.3 Å². The van der Waals surface area contributed by atoms with Crippen molar-refractivity contribution in [2.45, 2.75) is 45.4 Å². The minimum Gasteiger partial charge on any atom is -0.486 e. The zero-order chi connectivity index (χ0) is 24.8. The number of aliphatic hydroxyl groups excluding tert-OH is 1. The number of rotatable bonds is 11. The SMILES string of the molecule is CCCN(C)c1cc(C(N)=O)c(CC(O)CN2CCc3cc(OCc4cnco4)ccc3C2)cn1. The number of nitrogens with zero attached hydrogens (tertiary/aromatic N) is 4. The van der Waals surface area contributed by atoms with Crippen LogP contribution in [0.3, 0.4) is 0 Å². The number of fused-ring (bicyclic) bond motifs is 1. The van der Waals surface area contributed by atoms with E-state index in [1.165, 1.54) is 17.5 Å². The summed E-state index contributed by atoms with van der Waals surface area (Å²) < 4.78 is 11.0. The lowest BCUT2D eigenvalue weighted by molar-refractivity contribution is 0.0989. The van der Waals surface area contributed by atoms with Gasteiger partial charge in [-0.3, -0.25) is 9.69 Å². The lowest BCUT2D eigenvalue weighted by Gasteiger charge is -2.30. The van der Waals surface area contributed by atoms with E-state index >= 15 is 0 Å². The van der Waals surface area contributed by atoms with Gasteiger partial charge in [-0.1, -0.05) is 13.0 Å². The molecule has 2 aromatic heterocycles. The molecular weight excluding hydrogens is 446 g/mol. The fraction of sp³-hybridized carbons (Fsp3) is 0.423. The first-order valence-corrected chi connectivity index (χ1v) is 11.9. The molecule has 1 atom stereocenters. The molecule has 0 saturated heterocycles. The van der Waals surface area contributed by atoms with Crippen molar-refractivity contribution in [3.8, 4) is 5.75 Å². The van der Waals surface area contributed by atoms with E-state index in [1.807, 2.05) is 18.0 Å². The number of pyridine rings is 1. The van der Waals surface area contributed by atoms with Crippen LogP contribution in [0.2, 0.25) is 0 Å². The number of hydrogen-bond donors (Lipinski definition) is 2. The summed E-state index contributed by atoms with van der Waals surface area (Å²) in [7, 11) is 1.94. The Labute approximate surface area is 205 Å². The van der Waals surface area contributed by atoms with Crippen molar-refractivity contribution in [3.05, 3.63) is 71.1 Å². The number of aromatic nitrogens is 2. The Morgan fingerprint density at radius 3 is 2.91 bits per heavy atom. The van der Waals surface area contributed by atoms with Crippen LogP contribution in [0.25, 0.3) is 0 Å². The molecule has 0 fully saturated rings. The molecule has 1 unspecified atom stereocenters. The van der Waals surface area contributed by atoms with E-state index in [-0.39, 0.29) is 0 Å². The molecule has 3 aromatic rings. The van der Waals surface area contributed by atoms with Crippen LogP contribution >= 0.6 is 0 Å². The van der Waals surface area contributed by atoms with Crippen LogP contribution in [-0.4, -0.2) is 58.7 Å². The normalized spacial score (nSPS) is 14.4. The predicted molar refractivity (Wildman–Crippen MR) is 132 cm³/mol. The minimum atomic E-state index is -0.639. The van der Waals surface area contributed by atoms with Gasteiger partial charge < -0.3 is 24.9 Å². The van der Waals surface area contributed by atoms with Crippen molar-refractivity contribution in [1.29, 1.82) is 0 Å². The van der Waals surface area contributed by atoms with Gasteiger partial charge >= 0.3 is 0 Å². The smallest absolute Gasteiger partial charge is 0.249 e. The number of anilines is 1. The van der Waals surface area contributed by atoms with Gasteiger partial charge in [-0.25, -0.2) is 9.97 Å². The average Bonchev–Trinajstić information content (AvgIpc) is 3.36. The summed E-state index contributed by atoms with van der Waals surface area (Å²) in [6.45, 7) is 5.34. The molecule has 9 nitrogen and oxygen atoms in total. The topological polar surface area (TPSA) is 118 Å². The third-order valence-electron chi connectivity index (χ3n) is 6.25. The van der Waals surface area contributed by atoms with Gasteiger partial charge in [0.15, 0.2) is 12.2 Å². The van der Waals surface area contributed by atoms with Crippen LogP contribution in [0, 0.1) is 0 Å². The lowest BCUT2D eigenvalue weighted by Crippen LogP contribution is -2.37. The summed E-state index contributed by atoms with van der Waals surface area (Å²) in [6.07, 6.45) is 6.22. The molecule has 1 aromatic carbocycles. The Bertz CT molecular complexity index is 1130. The largest absolute Gasteiger partial charge is 0.486 e. The number of carbonyl (C=O) groups is 1. The summed E-state index contributed by atoms with van der Waals surface area (Å²) in [4.78, 5) is 24.7. The number of primary amides is 1. The fourth-order valence-electron chi connectivity index (χ4n) is 4.44. The first-order valence-electron chi connectivity index (χ1n) is 11.9. The molecule has 1 amide bonds. The van der Waals surface area contributed by atoms with Gasteiger partial charge in [0.1, 0.15) is 18.2 Å². The van der Waals surface area contributed by atoms with Crippen LogP contribution in [0.4, 0.5) is 5.82 Å². The summed E-state index contributed by atoms with van der Waals surface area (Å²) in [5.41, 5.74) is 9.19. The van der Waals surface area contributed by atoms with Gasteiger partial charge in [-0.05, 0) is 47.7 Å². The Morgan fingerprint density at radius 2 is 2.17 bits per heavy atom. The van der Waals surface area contributed by atoms with E-state index in [2.05, 4.69) is 33.9 Å².